The number of nitro groups is 1. The Hall–Kier alpha value is -1.98. The SMILES string of the molecule is O=C(CSC1=NCCS1)Nc1nnc(-c2cccc([N+](=O)[O-])c2)s1. The van der Waals surface area contributed by atoms with Gasteiger partial charge in [0.15, 0.2) is 0 Å². The van der Waals surface area contributed by atoms with Crippen LogP contribution in [0.2, 0.25) is 0 Å². The number of nitro benzene ring substituents is 1. The fraction of sp³-hybridized carbons (Fsp3) is 0.231. The normalized spacial score (nSPS) is 13.6. The molecule has 1 amide bonds. The smallest absolute Gasteiger partial charge is 0.270 e. The molecular weight excluding hydrogens is 370 g/mol. The zero-order valence-electron chi connectivity index (χ0n) is 12.2. The van der Waals surface area contributed by atoms with Crippen LogP contribution in [-0.4, -0.2) is 43.5 Å². The van der Waals surface area contributed by atoms with Crippen LogP contribution in [0.1, 0.15) is 0 Å². The van der Waals surface area contributed by atoms with Gasteiger partial charge in [-0.25, -0.2) is 0 Å². The average Bonchev–Trinajstić information content (AvgIpc) is 3.25. The van der Waals surface area contributed by atoms with Crippen molar-refractivity contribution in [3.63, 3.8) is 0 Å². The molecule has 1 aromatic heterocycles. The first-order chi connectivity index (χ1) is 11.6. The monoisotopic (exact) mass is 381 g/mol. The molecule has 24 heavy (non-hydrogen) atoms. The van der Waals surface area contributed by atoms with Crippen molar-refractivity contribution in [2.75, 3.05) is 23.4 Å². The first kappa shape index (κ1) is 16.9. The second-order valence-corrected chi connectivity index (χ2v) is 7.84. The Morgan fingerprint density at radius 2 is 2.29 bits per heavy atom. The van der Waals surface area contributed by atoms with Gasteiger partial charge >= 0.3 is 0 Å². The first-order valence-electron chi connectivity index (χ1n) is 6.80. The molecule has 2 heterocycles. The zero-order valence-corrected chi connectivity index (χ0v) is 14.6. The molecule has 0 spiro atoms. The number of nitrogens with zero attached hydrogens (tertiary/aromatic N) is 4. The molecule has 1 aliphatic heterocycles. The molecule has 0 saturated heterocycles. The van der Waals surface area contributed by atoms with Crippen LogP contribution >= 0.6 is 34.9 Å². The maximum atomic E-state index is 11.9. The summed E-state index contributed by atoms with van der Waals surface area (Å²) in [6, 6.07) is 6.14. The van der Waals surface area contributed by atoms with Crippen molar-refractivity contribution in [1.29, 1.82) is 0 Å². The van der Waals surface area contributed by atoms with E-state index < -0.39 is 4.92 Å². The molecule has 0 radical (unpaired) electrons. The molecule has 0 fully saturated rings. The number of aromatic nitrogens is 2. The fourth-order valence-corrected chi connectivity index (χ4v) is 4.39. The van der Waals surface area contributed by atoms with Crippen LogP contribution in [0.25, 0.3) is 10.6 Å². The summed E-state index contributed by atoms with van der Waals surface area (Å²) in [6.45, 7) is 0.803. The number of benzene rings is 1. The predicted molar refractivity (Wildman–Crippen MR) is 97.8 cm³/mol. The van der Waals surface area contributed by atoms with E-state index in [1.165, 1.54) is 35.2 Å². The maximum absolute atomic E-state index is 11.9. The highest BCUT2D eigenvalue weighted by atomic mass is 32.2. The third kappa shape index (κ3) is 4.30. The van der Waals surface area contributed by atoms with Gasteiger partial charge in [-0.3, -0.25) is 25.2 Å². The molecule has 0 bridgehead atoms. The van der Waals surface area contributed by atoms with Crippen molar-refractivity contribution >= 4 is 56.0 Å². The maximum Gasteiger partial charge on any atom is 0.270 e. The fourth-order valence-electron chi connectivity index (χ4n) is 1.83. The lowest BCUT2D eigenvalue weighted by molar-refractivity contribution is -0.384. The summed E-state index contributed by atoms with van der Waals surface area (Å²) in [5, 5.41) is 22.3. The predicted octanol–water partition coefficient (Wildman–Crippen LogP) is 2.89. The van der Waals surface area contributed by atoms with E-state index in [1.807, 2.05) is 0 Å². The molecular formula is C13H11N5O3S3. The molecule has 1 N–H and O–H groups in total. The van der Waals surface area contributed by atoms with Crippen LogP contribution < -0.4 is 5.32 Å². The molecule has 0 unspecified atom stereocenters. The van der Waals surface area contributed by atoms with Crippen LogP contribution in [0.3, 0.4) is 0 Å². The van der Waals surface area contributed by atoms with E-state index >= 15 is 0 Å². The van der Waals surface area contributed by atoms with E-state index in [-0.39, 0.29) is 17.3 Å². The van der Waals surface area contributed by atoms with E-state index in [0.29, 0.717) is 15.7 Å². The summed E-state index contributed by atoms with van der Waals surface area (Å²) in [5.41, 5.74) is 0.577. The molecule has 1 aliphatic rings. The van der Waals surface area contributed by atoms with E-state index in [4.69, 9.17) is 0 Å². The molecule has 124 valence electrons. The number of nitrogens with one attached hydrogen (secondary N) is 1. The quantitative estimate of drug-likeness (QED) is 0.626. The van der Waals surface area contributed by atoms with E-state index in [0.717, 1.165) is 16.7 Å². The van der Waals surface area contributed by atoms with Gasteiger partial charge < -0.3 is 0 Å². The van der Waals surface area contributed by atoms with Gasteiger partial charge in [0, 0.05) is 23.4 Å². The number of carbonyl (C=O) groups is 1. The molecule has 11 heteroatoms. The van der Waals surface area contributed by atoms with Crippen LogP contribution in [0.15, 0.2) is 29.3 Å². The minimum Gasteiger partial charge on any atom is -0.300 e. The highest BCUT2D eigenvalue weighted by Gasteiger charge is 2.14. The second kappa shape index (κ2) is 7.73. The second-order valence-electron chi connectivity index (χ2n) is 4.55. The molecule has 3 rings (SSSR count). The summed E-state index contributed by atoms with van der Waals surface area (Å²) in [6.07, 6.45) is 0. The Labute approximate surface area is 149 Å². The first-order valence-corrected chi connectivity index (χ1v) is 9.59. The van der Waals surface area contributed by atoms with E-state index in [9.17, 15) is 14.9 Å². The van der Waals surface area contributed by atoms with Crippen molar-refractivity contribution in [3.8, 4) is 10.6 Å². The van der Waals surface area contributed by atoms with Crippen LogP contribution in [0.5, 0.6) is 0 Å². The van der Waals surface area contributed by atoms with Crippen LogP contribution in [-0.2, 0) is 4.79 Å². The van der Waals surface area contributed by atoms with Gasteiger partial charge in [0.25, 0.3) is 5.69 Å². The summed E-state index contributed by atoms with van der Waals surface area (Å²) >= 11 is 4.22. The summed E-state index contributed by atoms with van der Waals surface area (Å²) in [5.74, 6) is 1.04. The van der Waals surface area contributed by atoms with Gasteiger partial charge in [0.2, 0.25) is 11.0 Å². The topological polar surface area (TPSA) is 110 Å². The number of aliphatic imine (C=N–C) groups is 1. The summed E-state index contributed by atoms with van der Waals surface area (Å²) in [4.78, 5) is 26.5. The lowest BCUT2D eigenvalue weighted by atomic mass is 10.2. The van der Waals surface area contributed by atoms with E-state index in [1.54, 1.807) is 23.9 Å². The minimum absolute atomic E-state index is 0.0143. The molecule has 0 saturated carbocycles. The lowest BCUT2D eigenvalue weighted by Crippen LogP contribution is -2.14. The number of rotatable bonds is 5. The van der Waals surface area contributed by atoms with Crippen molar-refractivity contribution in [1.82, 2.24) is 10.2 Å². The van der Waals surface area contributed by atoms with Crippen LogP contribution in [0, 0.1) is 10.1 Å². The Bertz CT molecular complexity index is 808. The third-order valence-electron chi connectivity index (χ3n) is 2.86. The molecule has 0 aliphatic carbocycles. The lowest BCUT2D eigenvalue weighted by Gasteiger charge is -2.00. The Morgan fingerprint density at radius 3 is 3.04 bits per heavy atom. The number of hydrogen-bond donors (Lipinski definition) is 1. The zero-order chi connectivity index (χ0) is 16.9. The number of hydrogen-bond acceptors (Lipinski definition) is 9. The molecule has 0 atom stereocenters. The van der Waals surface area contributed by atoms with Crippen molar-refractivity contribution in [2.45, 2.75) is 0 Å². The Morgan fingerprint density at radius 1 is 1.42 bits per heavy atom. The van der Waals surface area contributed by atoms with E-state index in [2.05, 4.69) is 20.5 Å². The molecule has 1 aromatic carbocycles. The van der Waals surface area contributed by atoms with Gasteiger partial charge in [-0.2, -0.15) is 0 Å². The van der Waals surface area contributed by atoms with Crippen molar-refractivity contribution < 1.29 is 9.72 Å². The highest BCUT2D eigenvalue weighted by molar-refractivity contribution is 8.39. The van der Waals surface area contributed by atoms with Gasteiger partial charge in [-0.05, 0) is 0 Å². The number of non-ortho nitro benzene ring substituents is 1. The number of anilines is 1. The Kier molecular flexibility index (Phi) is 5.43. The largest absolute Gasteiger partial charge is 0.300 e. The average molecular weight is 381 g/mol. The summed E-state index contributed by atoms with van der Waals surface area (Å²) in [7, 11) is 0. The number of carbonyl (C=O) groups excluding carboxylic acids is 1. The van der Waals surface area contributed by atoms with Gasteiger partial charge in [-0.15, -0.1) is 10.2 Å². The third-order valence-corrected chi connectivity index (χ3v) is 6.00. The standard InChI is InChI=1S/C13H11N5O3S3/c19-10(7-23-13-14-4-5-22-13)15-12-17-16-11(24-12)8-2-1-3-9(6-8)18(20)21/h1-3,6H,4-5,7H2,(H,15,17,19). The number of thioether (sulfide) groups is 2. The number of amides is 1. The van der Waals surface area contributed by atoms with Gasteiger partial charge in [0.1, 0.15) is 9.38 Å². The molecule has 2 aromatic rings. The van der Waals surface area contributed by atoms with Gasteiger partial charge in [0.05, 0.1) is 17.2 Å². The minimum atomic E-state index is -0.464. The highest BCUT2D eigenvalue weighted by Crippen LogP contribution is 2.29. The Balaban J connectivity index is 1.61. The van der Waals surface area contributed by atoms with Crippen LogP contribution in [0.4, 0.5) is 10.8 Å². The summed E-state index contributed by atoms with van der Waals surface area (Å²) < 4.78 is 0.930. The molecule has 8 nitrogen and oxygen atoms in total. The van der Waals surface area contributed by atoms with Gasteiger partial charge in [-0.1, -0.05) is 47.0 Å². The van der Waals surface area contributed by atoms with Crippen molar-refractivity contribution in [3.05, 3.63) is 34.4 Å². The van der Waals surface area contributed by atoms with Crippen molar-refractivity contribution in [2.24, 2.45) is 4.99 Å².